The number of hydrogen-bond donors (Lipinski definition) is 2. The van der Waals surface area contributed by atoms with E-state index in [0.717, 1.165) is 0 Å². The molecule has 0 spiro atoms. The molecule has 1 amide bonds. The summed E-state index contributed by atoms with van der Waals surface area (Å²) < 4.78 is 5.69. The van der Waals surface area contributed by atoms with Gasteiger partial charge in [0.25, 0.3) is 5.91 Å². The number of carbonyl (C=O) groups excluding carboxylic acids is 1. The molecule has 0 atom stereocenters. The third-order valence-corrected chi connectivity index (χ3v) is 3.77. The number of ether oxygens (including phenoxy) is 1. The molecule has 0 aromatic heterocycles. The first-order valence-electron chi connectivity index (χ1n) is 7.70. The molecule has 26 heavy (non-hydrogen) atoms. The topological polar surface area (TPSA) is 75.6 Å². The molecule has 0 saturated heterocycles. The summed E-state index contributed by atoms with van der Waals surface area (Å²) in [5, 5.41) is 12.4. The van der Waals surface area contributed by atoms with Crippen molar-refractivity contribution in [2.45, 2.75) is 0 Å². The highest BCUT2D eigenvalue weighted by Gasteiger charge is 2.15. The van der Waals surface area contributed by atoms with Crippen LogP contribution in [0.15, 0.2) is 72.8 Å². The summed E-state index contributed by atoms with van der Waals surface area (Å²) in [6.45, 7) is 0. The Morgan fingerprint density at radius 2 is 1.65 bits per heavy atom. The van der Waals surface area contributed by atoms with Gasteiger partial charge in [0.15, 0.2) is 0 Å². The highest BCUT2D eigenvalue weighted by molar-refractivity contribution is 6.31. The van der Waals surface area contributed by atoms with Crippen LogP contribution in [0.1, 0.15) is 20.7 Å². The number of carbonyl (C=O) groups is 2. The van der Waals surface area contributed by atoms with Gasteiger partial charge in [-0.2, -0.15) is 0 Å². The number of aromatic carboxylic acids is 1. The second kappa shape index (κ2) is 7.72. The number of halogens is 1. The van der Waals surface area contributed by atoms with Gasteiger partial charge in [-0.3, -0.25) is 4.79 Å². The molecule has 5 nitrogen and oxygen atoms in total. The second-order valence-electron chi connectivity index (χ2n) is 5.39. The zero-order valence-electron chi connectivity index (χ0n) is 13.5. The lowest BCUT2D eigenvalue weighted by Crippen LogP contribution is -2.14. The fourth-order valence-electron chi connectivity index (χ4n) is 2.33. The monoisotopic (exact) mass is 367 g/mol. The molecular weight excluding hydrogens is 354 g/mol. The normalized spacial score (nSPS) is 10.2. The van der Waals surface area contributed by atoms with Crippen LogP contribution in [-0.2, 0) is 0 Å². The van der Waals surface area contributed by atoms with Crippen LogP contribution in [0.25, 0.3) is 0 Å². The standard InChI is InChI=1S/C20H14ClNO4/c21-14-6-4-5-13(11-14)19(23)22-18-12-16(9-10-17(18)20(24)25)26-15-7-2-1-3-8-15/h1-12H,(H,22,23)(H,24,25). The van der Waals surface area contributed by atoms with Crippen molar-refractivity contribution < 1.29 is 19.4 Å². The number of carboxylic acids is 1. The van der Waals surface area contributed by atoms with Crippen LogP contribution >= 0.6 is 11.6 Å². The lowest BCUT2D eigenvalue weighted by atomic mass is 10.1. The molecule has 0 aliphatic rings. The lowest BCUT2D eigenvalue weighted by Gasteiger charge is -2.12. The molecule has 0 fully saturated rings. The highest BCUT2D eigenvalue weighted by atomic mass is 35.5. The number of para-hydroxylation sites is 1. The smallest absolute Gasteiger partial charge is 0.337 e. The third-order valence-electron chi connectivity index (χ3n) is 3.54. The van der Waals surface area contributed by atoms with Gasteiger partial charge in [0, 0.05) is 16.7 Å². The quantitative estimate of drug-likeness (QED) is 0.659. The first-order valence-corrected chi connectivity index (χ1v) is 8.08. The van der Waals surface area contributed by atoms with E-state index in [-0.39, 0.29) is 11.3 Å². The Bertz CT molecular complexity index is 957. The zero-order valence-corrected chi connectivity index (χ0v) is 14.2. The molecule has 0 heterocycles. The number of benzene rings is 3. The Balaban J connectivity index is 1.89. The lowest BCUT2D eigenvalue weighted by molar-refractivity contribution is 0.0698. The largest absolute Gasteiger partial charge is 0.478 e. The molecule has 3 rings (SSSR count). The number of nitrogens with one attached hydrogen (secondary N) is 1. The predicted molar refractivity (Wildman–Crippen MR) is 99.3 cm³/mol. The third kappa shape index (κ3) is 4.20. The summed E-state index contributed by atoms with van der Waals surface area (Å²) in [7, 11) is 0. The van der Waals surface area contributed by atoms with Crippen molar-refractivity contribution in [3.05, 3.63) is 88.9 Å². The molecule has 130 valence electrons. The molecule has 3 aromatic rings. The zero-order chi connectivity index (χ0) is 18.5. The number of anilines is 1. The first-order chi connectivity index (χ1) is 12.5. The van der Waals surface area contributed by atoms with Crippen molar-refractivity contribution in [3.8, 4) is 11.5 Å². The maximum atomic E-state index is 12.4. The molecule has 0 saturated carbocycles. The van der Waals surface area contributed by atoms with Crippen LogP contribution in [-0.4, -0.2) is 17.0 Å². The molecule has 6 heteroatoms. The van der Waals surface area contributed by atoms with E-state index in [0.29, 0.717) is 22.1 Å². The minimum atomic E-state index is -1.15. The maximum absolute atomic E-state index is 12.4. The summed E-state index contributed by atoms with van der Waals surface area (Å²) in [4.78, 5) is 23.9. The van der Waals surface area contributed by atoms with Crippen molar-refractivity contribution >= 4 is 29.2 Å². The number of rotatable bonds is 5. The molecule has 3 aromatic carbocycles. The van der Waals surface area contributed by atoms with Crippen LogP contribution in [0.4, 0.5) is 5.69 Å². The SMILES string of the molecule is O=C(Nc1cc(Oc2ccccc2)ccc1C(=O)O)c1cccc(Cl)c1. The summed E-state index contributed by atoms with van der Waals surface area (Å²) in [6.07, 6.45) is 0. The van der Waals surface area contributed by atoms with Gasteiger partial charge in [0.05, 0.1) is 11.3 Å². The first kappa shape index (κ1) is 17.5. The summed E-state index contributed by atoms with van der Waals surface area (Å²) in [5.41, 5.74) is 0.417. The van der Waals surface area contributed by atoms with E-state index in [9.17, 15) is 14.7 Å². The van der Waals surface area contributed by atoms with E-state index in [4.69, 9.17) is 16.3 Å². The number of amides is 1. The van der Waals surface area contributed by atoms with Gasteiger partial charge in [-0.1, -0.05) is 35.9 Å². The average Bonchev–Trinajstić information content (AvgIpc) is 2.62. The van der Waals surface area contributed by atoms with E-state index in [1.807, 2.05) is 18.2 Å². The fraction of sp³-hybridized carbons (Fsp3) is 0. The Hall–Kier alpha value is -3.31. The van der Waals surface area contributed by atoms with Crippen molar-refractivity contribution in [1.29, 1.82) is 0 Å². The predicted octanol–water partition coefficient (Wildman–Crippen LogP) is 5.08. The minimum Gasteiger partial charge on any atom is -0.478 e. The van der Waals surface area contributed by atoms with Crippen molar-refractivity contribution in [2.24, 2.45) is 0 Å². The van der Waals surface area contributed by atoms with Gasteiger partial charge >= 0.3 is 5.97 Å². The van der Waals surface area contributed by atoms with E-state index < -0.39 is 11.9 Å². The summed E-state index contributed by atoms with van der Waals surface area (Å²) in [5.74, 6) is -0.616. The van der Waals surface area contributed by atoms with Crippen molar-refractivity contribution in [2.75, 3.05) is 5.32 Å². The average molecular weight is 368 g/mol. The van der Waals surface area contributed by atoms with Crippen molar-refractivity contribution in [1.82, 2.24) is 0 Å². The summed E-state index contributed by atoms with van der Waals surface area (Å²) in [6, 6.07) is 19.8. The van der Waals surface area contributed by atoms with E-state index in [1.165, 1.54) is 24.3 Å². The number of carboxylic acid groups (broad SMARTS) is 1. The van der Waals surface area contributed by atoms with Gasteiger partial charge in [-0.25, -0.2) is 4.79 Å². The second-order valence-corrected chi connectivity index (χ2v) is 5.83. The molecular formula is C20H14ClNO4. The van der Waals surface area contributed by atoms with E-state index >= 15 is 0 Å². The van der Waals surface area contributed by atoms with Gasteiger partial charge in [0.2, 0.25) is 0 Å². The Morgan fingerprint density at radius 3 is 2.35 bits per heavy atom. The maximum Gasteiger partial charge on any atom is 0.337 e. The fourth-order valence-corrected chi connectivity index (χ4v) is 2.52. The molecule has 0 unspecified atom stereocenters. The Morgan fingerprint density at radius 1 is 0.885 bits per heavy atom. The molecule has 0 aliphatic heterocycles. The Labute approximate surface area is 154 Å². The van der Waals surface area contributed by atoms with Gasteiger partial charge in [-0.05, 0) is 42.5 Å². The number of hydrogen-bond acceptors (Lipinski definition) is 3. The summed E-state index contributed by atoms with van der Waals surface area (Å²) >= 11 is 5.90. The van der Waals surface area contributed by atoms with Gasteiger partial charge in [-0.15, -0.1) is 0 Å². The van der Waals surface area contributed by atoms with Crippen LogP contribution in [0.5, 0.6) is 11.5 Å². The van der Waals surface area contributed by atoms with Crippen LogP contribution in [0, 0.1) is 0 Å². The van der Waals surface area contributed by atoms with Crippen molar-refractivity contribution in [3.63, 3.8) is 0 Å². The molecule has 0 bridgehead atoms. The highest BCUT2D eigenvalue weighted by Crippen LogP contribution is 2.27. The van der Waals surface area contributed by atoms with Crippen LogP contribution in [0.2, 0.25) is 5.02 Å². The molecule has 2 N–H and O–H groups in total. The van der Waals surface area contributed by atoms with Gasteiger partial charge < -0.3 is 15.2 Å². The van der Waals surface area contributed by atoms with Gasteiger partial charge in [0.1, 0.15) is 11.5 Å². The van der Waals surface area contributed by atoms with Crippen LogP contribution < -0.4 is 10.1 Å². The molecule has 0 radical (unpaired) electrons. The van der Waals surface area contributed by atoms with E-state index in [2.05, 4.69) is 5.32 Å². The minimum absolute atomic E-state index is 0.0409. The molecule has 0 aliphatic carbocycles. The van der Waals surface area contributed by atoms with Crippen LogP contribution in [0.3, 0.4) is 0 Å². The Kier molecular flexibility index (Phi) is 5.20. The van der Waals surface area contributed by atoms with E-state index in [1.54, 1.807) is 30.3 Å².